The predicted molar refractivity (Wildman–Crippen MR) is 63.2 cm³/mol. The van der Waals surface area contributed by atoms with Crippen molar-refractivity contribution in [2.24, 2.45) is 5.73 Å². The Kier molecular flexibility index (Phi) is 5.31. The zero-order chi connectivity index (χ0) is 12.8. The van der Waals surface area contributed by atoms with Crippen molar-refractivity contribution in [1.82, 2.24) is 4.90 Å². The number of nitrogens with two attached hydrogens (primary N) is 1. The van der Waals surface area contributed by atoms with E-state index in [0.717, 1.165) is 12.6 Å². The van der Waals surface area contributed by atoms with E-state index in [0.29, 0.717) is 25.1 Å². The Labute approximate surface area is 100 Å². The topological polar surface area (TPSA) is 38.5 Å². The van der Waals surface area contributed by atoms with Gasteiger partial charge in [0.1, 0.15) is 5.82 Å². The second kappa shape index (κ2) is 6.51. The first-order chi connectivity index (χ1) is 8.08. The van der Waals surface area contributed by atoms with Crippen LogP contribution in [0.15, 0.2) is 12.1 Å². The van der Waals surface area contributed by atoms with Gasteiger partial charge in [0.15, 0.2) is 11.6 Å². The molecule has 0 amide bonds. The molecule has 0 radical (unpaired) electrons. The highest BCUT2D eigenvalue weighted by Crippen LogP contribution is 2.21. The van der Waals surface area contributed by atoms with E-state index in [-0.39, 0.29) is 5.75 Å². The Morgan fingerprint density at radius 2 is 1.94 bits per heavy atom. The fourth-order valence-electron chi connectivity index (χ4n) is 1.56. The molecule has 17 heavy (non-hydrogen) atoms. The van der Waals surface area contributed by atoms with Crippen LogP contribution in [0.2, 0.25) is 0 Å². The van der Waals surface area contributed by atoms with Gasteiger partial charge in [-0.2, -0.15) is 0 Å². The van der Waals surface area contributed by atoms with Crippen molar-refractivity contribution < 1.29 is 13.5 Å². The molecule has 2 N–H and O–H groups in total. The maximum atomic E-state index is 13.6. The lowest BCUT2D eigenvalue weighted by Crippen LogP contribution is -2.27. The zero-order valence-electron chi connectivity index (χ0n) is 10.2. The van der Waals surface area contributed by atoms with Gasteiger partial charge in [0, 0.05) is 25.7 Å². The largest absolute Gasteiger partial charge is 0.494 e. The zero-order valence-corrected chi connectivity index (χ0v) is 10.2. The van der Waals surface area contributed by atoms with Gasteiger partial charge in [0.05, 0.1) is 7.11 Å². The van der Waals surface area contributed by atoms with Crippen LogP contribution in [0.5, 0.6) is 5.75 Å². The quantitative estimate of drug-likeness (QED) is 0.822. The van der Waals surface area contributed by atoms with Crippen molar-refractivity contribution in [2.45, 2.75) is 6.42 Å². The van der Waals surface area contributed by atoms with Crippen molar-refractivity contribution in [3.05, 3.63) is 29.3 Å². The summed E-state index contributed by atoms with van der Waals surface area (Å²) in [7, 11) is 3.21. The maximum absolute atomic E-state index is 13.6. The Balaban J connectivity index is 2.68. The first-order valence-corrected chi connectivity index (χ1v) is 5.49. The normalized spacial score (nSPS) is 10.9. The highest BCUT2D eigenvalue weighted by molar-refractivity contribution is 5.31. The van der Waals surface area contributed by atoms with E-state index in [1.165, 1.54) is 13.2 Å². The Hall–Kier alpha value is -1.20. The van der Waals surface area contributed by atoms with Crippen LogP contribution in [0.4, 0.5) is 8.78 Å². The van der Waals surface area contributed by atoms with E-state index in [4.69, 9.17) is 10.5 Å². The van der Waals surface area contributed by atoms with Crippen LogP contribution in [0.1, 0.15) is 5.56 Å². The third-order valence-corrected chi connectivity index (χ3v) is 2.59. The van der Waals surface area contributed by atoms with Gasteiger partial charge < -0.3 is 15.4 Å². The summed E-state index contributed by atoms with van der Waals surface area (Å²) in [5.74, 6) is -1.05. The lowest BCUT2D eigenvalue weighted by Gasteiger charge is -2.15. The smallest absolute Gasteiger partial charge is 0.165 e. The van der Waals surface area contributed by atoms with Crippen LogP contribution < -0.4 is 10.5 Å². The van der Waals surface area contributed by atoms with Gasteiger partial charge in [-0.05, 0) is 25.1 Å². The molecule has 0 aliphatic carbocycles. The molecule has 0 bridgehead atoms. The van der Waals surface area contributed by atoms with Crippen LogP contribution in [0.25, 0.3) is 0 Å². The molecule has 1 aromatic carbocycles. The standard InChI is InChI=1S/C12H18F2N2O/c1-16(6-4-15)5-3-9-7-11(14)12(17-2)8-10(9)13/h7-8H,3-6,15H2,1-2H3. The summed E-state index contributed by atoms with van der Waals surface area (Å²) >= 11 is 0. The predicted octanol–water partition coefficient (Wildman–Crippen LogP) is 1.41. The van der Waals surface area contributed by atoms with Gasteiger partial charge >= 0.3 is 0 Å². The number of methoxy groups -OCH3 is 1. The number of hydrogen-bond donors (Lipinski definition) is 1. The summed E-state index contributed by atoms with van der Waals surface area (Å²) in [4.78, 5) is 1.97. The third-order valence-electron chi connectivity index (χ3n) is 2.59. The molecule has 0 atom stereocenters. The molecule has 3 nitrogen and oxygen atoms in total. The monoisotopic (exact) mass is 244 g/mol. The second-order valence-electron chi connectivity index (χ2n) is 3.92. The van der Waals surface area contributed by atoms with Crippen LogP contribution in [0.3, 0.4) is 0 Å². The summed E-state index contributed by atoms with van der Waals surface area (Å²) in [6.07, 6.45) is 0.448. The number of hydrogen-bond acceptors (Lipinski definition) is 3. The lowest BCUT2D eigenvalue weighted by atomic mass is 10.1. The number of ether oxygens (including phenoxy) is 1. The van der Waals surface area contributed by atoms with Crippen LogP contribution in [-0.4, -0.2) is 38.7 Å². The average Bonchev–Trinajstić information content (AvgIpc) is 2.30. The number of rotatable bonds is 6. The van der Waals surface area contributed by atoms with Crippen LogP contribution >= 0.6 is 0 Å². The molecule has 0 aliphatic rings. The van der Waals surface area contributed by atoms with Crippen LogP contribution in [0, 0.1) is 11.6 Å². The van der Waals surface area contributed by atoms with Crippen molar-refractivity contribution >= 4 is 0 Å². The van der Waals surface area contributed by atoms with E-state index >= 15 is 0 Å². The summed E-state index contributed by atoms with van der Waals surface area (Å²) < 4.78 is 31.6. The number of nitrogens with zero attached hydrogens (tertiary/aromatic N) is 1. The first kappa shape index (κ1) is 13.9. The van der Waals surface area contributed by atoms with Crippen molar-refractivity contribution in [3.8, 4) is 5.75 Å². The maximum Gasteiger partial charge on any atom is 0.165 e. The Bertz CT molecular complexity index is 372. The van der Waals surface area contributed by atoms with Gasteiger partial charge in [-0.1, -0.05) is 0 Å². The molecule has 0 saturated carbocycles. The minimum Gasteiger partial charge on any atom is -0.494 e. The van der Waals surface area contributed by atoms with E-state index in [1.54, 1.807) is 0 Å². The summed E-state index contributed by atoms with van der Waals surface area (Å²) in [5, 5.41) is 0. The van der Waals surface area contributed by atoms with Crippen molar-refractivity contribution in [3.63, 3.8) is 0 Å². The van der Waals surface area contributed by atoms with Gasteiger partial charge in [-0.15, -0.1) is 0 Å². The minimum atomic E-state index is -0.537. The molecular formula is C12H18F2N2O. The highest BCUT2D eigenvalue weighted by Gasteiger charge is 2.10. The number of likely N-dealkylation sites (N-methyl/N-ethyl adjacent to an activating group) is 1. The Morgan fingerprint density at radius 3 is 2.53 bits per heavy atom. The molecule has 0 aliphatic heterocycles. The molecule has 0 fully saturated rings. The lowest BCUT2D eigenvalue weighted by molar-refractivity contribution is 0.344. The van der Waals surface area contributed by atoms with E-state index < -0.39 is 11.6 Å². The fourth-order valence-corrected chi connectivity index (χ4v) is 1.56. The van der Waals surface area contributed by atoms with Gasteiger partial charge in [0.25, 0.3) is 0 Å². The van der Waals surface area contributed by atoms with Gasteiger partial charge in [-0.25, -0.2) is 8.78 Å². The molecule has 0 aromatic heterocycles. The Morgan fingerprint density at radius 1 is 1.24 bits per heavy atom. The SMILES string of the molecule is COc1cc(F)c(CCN(C)CCN)cc1F. The van der Waals surface area contributed by atoms with E-state index in [1.807, 2.05) is 11.9 Å². The van der Waals surface area contributed by atoms with Crippen molar-refractivity contribution in [1.29, 1.82) is 0 Å². The second-order valence-corrected chi connectivity index (χ2v) is 3.92. The number of halogens is 2. The molecule has 1 aromatic rings. The van der Waals surface area contributed by atoms with E-state index in [9.17, 15) is 8.78 Å². The molecule has 1 rings (SSSR count). The number of benzene rings is 1. The molecule has 0 heterocycles. The highest BCUT2D eigenvalue weighted by atomic mass is 19.1. The third kappa shape index (κ3) is 3.94. The first-order valence-electron chi connectivity index (χ1n) is 5.49. The van der Waals surface area contributed by atoms with E-state index in [2.05, 4.69) is 0 Å². The van der Waals surface area contributed by atoms with Gasteiger partial charge in [-0.3, -0.25) is 0 Å². The van der Waals surface area contributed by atoms with Gasteiger partial charge in [0.2, 0.25) is 0 Å². The summed E-state index contributed by atoms with van der Waals surface area (Å²) in [6.45, 7) is 1.93. The molecule has 5 heteroatoms. The average molecular weight is 244 g/mol. The molecule has 96 valence electrons. The fraction of sp³-hybridized carbons (Fsp3) is 0.500. The minimum absolute atomic E-state index is 0.0680. The van der Waals surface area contributed by atoms with Crippen LogP contribution in [-0.2, 0) is 6.42 Å². The van der Waals surface area contributed by atoms with Crippen molar-refractivity contribution in [2.75, 3.05) is 33.8 Å². The molecule has 0 saturated heterocycles. The summed E-state index contributed by atoms with van der Waals surface area (Å²) in [5.41, 5.74) is 5.75. The molecular weight excluding hydrogens is 226 g/mol. The molecule has 0 spiro atoms. The molecule has 0 unspecified atom stereocenters. The summed E-state index contributed by atoms with van der Waals surface area (Å²) in [6, 6.07) is 2.26.